The van der Waals surface area contributed by atoms with Gasteiger partial charge in [0.05, 0.1) is 11.4 Å². The maximum atomic E-state index is 10.9. The highest BCUT2D eigenvalue weighted by Gasteiger charge is 2.14. The molecule has 1 aromatic rings. The van der Waals surface area contributed by atoms with E-state index in [9.17, 15) is 4.79 Å². The number of para-hydroxylation sites is 1. The van der Waals surface area contributed by atoms with Gasteiger partial charge in [0.2, 0.25) is 0 Å². The molecule has 0 aliphatic carbocycles. The number of nitrogens with one attached hydrogen (secondary N) is 2. The molecule has 0 saturated heterocycles. The van der Waals surface area contributed by atoms with Gasteiger partial charge in [-0.1, -0.05) is 12.1 Å². The van der Waals surface area contributed by atoms with Crippen molar-refractivity contribution in [1.29, 1.82) is 0 Å². The average Bonchev–Trinajstić information content (AvgIpc) is 2.07. The predicted octanol–water partition coefficient (Wildman–Crippen LogP) is 0.904. The lowest BCUT2D eigenvalue weighted by atomic mass is 10.1. The second-order valence-corrected chi connectivity index (χ2v) is 2.69. The number of nitrogen functional groups attached to an aromatic ring is 1. The van der Waals surface area contributed by atoms with E-state index in [2.05, 4.69) is 10.6 Å². The topological polar surface area (TPSA) is 67.1 Å². The molecule has 0 fully saturated rings. The van der Waals surface area contributed by atoms with Crippen LogP contribution in [-0.4, -0.2) is 6.03 Å². The second-order valence-electron chi connectivity index (χ2n) is 2.69. The molecule has 0 saturated carbocycles. The average molecular weight is 163 g/mol. The number of hydrogen-bond donors (Lipinski definition) is 3. The van der Waals surface area contributed by atoms with Crippen LogP contribution in [0.3, 0.4) is 0 Å². The van der Waals surface area contributed by atoms with Crippen molar-refractivity contribution in [2.45, 2.75) is 6.54 Å². The van der Waals surface area contributed by atoms with Crippen LogP contribution in [0.5, 0.6) is 0 Å². The molecule has 0 spiro atoms. The summed E-state index contributed by atoms with van der Waals surface area (Å²) in [4.78, 5) is 10.9. The minimum absolute atomic E-state index is 0.194. The molecule has 0 unspecified atom stereocenters. The summed E-state index contributed by atoms with van der Waals surface area (Å²) in [6.07, 6.45) is 0. The molecule has 4 heteroatoms. The van der Waals surface area contributed by atoms with Crippen LogP contribution in [-0.2, 0) is 6.54 Å². The lowest BCUT2D eigenvalue weighted by molar-refractivity contribution is 0.251. The van der Waals surface area contributed by atoms with Crippen LogP contribution in [0.25, 0.3) is 0 Å². The van der Waals surface area contributed by atoms with Crippen LogP contribution in [0.4, 0.5) is 16.2 Å². The highest BCUT2D eigenvalue weighted by atomic mass is 16.2. The number of fused-ring (bicyclic) bond motifs is 1. The fourth-order valence-corrected chi connectivity index (χ4v) is 1.25. The number of hydrogen-bond acceptors (Lipinski definition) is 2. The van der Waals surface area contributed by atoms with Gasteiger partial charge < -0.3 is 16.4 Å². The third-order valence-corrected chi connectivity index (χ3v) is 1.86. The van der Waals surface area contributed by atoms with Crippen molar-refractivity contribution in [1.82, 2.24) is 5.32 Å². The van der Waals surface area contributed by atoms with Crippen molar-refractivity contribution < 1.29 is 4.79 Å². The molecule has 62 valence electrons. The first kappa shape index (κ1) is 6.97. The third-order valence-electron chi connectivity index (χ3n) is 1.86. The molecule has 2 rings (SSSR count). The van der Waals surface area contributed by atoms with E-state index in [1.807, 2.05) is 12.1 Å². The summed E-state index contributed by atoms with van der Waals surface area (Å²) >= 11 is 0. The van der Waals surface area contributed by atoms with Gasteiger partial charge in [-0.2, -0.15) is 0 Å². The van der Waals surface area contributed by atoms with Gasteiger partial charge in [0.25, 0.3) is 0 Å². The molecular formula is C8H9N3O. The van der Waals surface area contributed by atoms with Crippen molar-refractivity contribution >= 4 is 17.4 Å². The van der Waals surface area contributed by atoms with Gasteiger partial charge in [-0.15, -0.1) is 0 Å². The molecule has 1 aliphatic heterocycles. The first-order valence-corrected chi connectivity index (χ1v) is 3.69. The molecule has 0 atom stereocenters. The molecule has 0 bridgehead atoms. The van der Waals surface area contributed by atoms with Crippen molar-refractivity contribution in [2.75, 3.05) is 11.1 Å². The largest absolute Gasteiger partial charge is 0.397 e. The van der Waals surface area contributed by atoms with Gasteiger partial charge in [0.1, 0.15) is 0 Å². The minimum Gasteiger partial charge on any atom is -0.397 e. The Kier molecular flexibility index (Phi) is 1.40. The van der Waals surface area contributed by atoms with Gasteiger partial charge in [-0.05, 0) is 11.6 Å². The number of rotatable bonds is 0. The Bertz CT molecular complexity index is 335. The first-order valence-electron chi connectivity index (χ1n) is 3.69. The van der Waals surface area contributed by atoms with Gasteiger partial charge in [0.15, 0.2) is 0 Å². The van der Waals surface area contributed by atoms with E-state index in [-0.39, 0.29) is 6.03 Å². The SMILES string of the molecule is Nc1cccc2c1NC(=O)NC2. The zero-order valence-electron chi connectivity index (χ0n) is 6.42. The Hall–Kier alpha value is -1.71. The number of carbonyl (C=O) groups excluding carboxylic acids is 1. The summed E-state index contributed by atoms with van der Waals surface area (Å²) in [5.41, 5.74) is 8.03. The maximum absolute atomic E-state index is 10.9. The summed E-state index contributed by atoms with van der Waals surface area (Å²) in [5, 5.41) is 5.31. The van der Waals surface area contributed by atoms with Crippen LogP contribution in [0.15, 0.2) is 18.2 Å². The molecule has 1 aromatic carbocycles. The number of nitrogens with two attached hydrogens (primary N) is 1. The lowest BCUT2D eigenvalue weighted by Gasteiger charge is -2.19. The van der Waals surface area contributed by atoms with E-state index in [0.29, 0.717) is 12.2 Å². The molecule has 4 N–H and O–H groups in total. The fourth-order valence-electron chi connectivity index (χ4n) is 1.25. The summed E-state index contributed by atoms with van der Waals surface area (Å²) in [7, 11) is 0. The number of anilines is 2. The highest BCUT2D eigenvalue weighted by Crippen LogP contribution is 2.25. The molecule has 1 aliphatic rings. The first-order chi connectivity index (χ1) is 5.77. The van der Waals surface area contributed by atoms with Gasteiger partial charge >= 0.3 is 6.03 Å². The monoisotopic (exact) mass is 163 g/mol. The normalized spacial score (nSPS) is 14.5. The zero-order chi connectivity index (χ0) is 8.55. The second kappa shape index (κ2) is 2.41. The zero-order valence-corrected chi connectivity index (χ0v) is 6.42. The fraction of sp³-hybridized carbons (Fsp3) is 0.125. The van der Waals surface area contributed by atoms with E-state index < -0.39 is 0 Å². The van der Waals surface area contributed by atoms with Crippen molar-refractivity contribution in [2.24, 2.45) is 0 Å². The van der Waals surface area contributed by atoms with Gasteiger partial charge in [-0.25, -0.2) is 4.79 Å². The predicted molar refractivity (Wildman–Crippen MR) is 46.7 cm³/mol. The van der Waals surface area contributed by atoms with Crippen molar-refractivity contribution in [3.8, 4) is 0 Å². The summed E-state index contributed by atoms with van der Waals surface area (Å²) in [5.74, 6) is 0. The molecule has 12 heavy (non-hydrogen) atoms. The minimum atomic E-state index is -0.194. The standard InChI is InChI=1S/C8H9N3O/c9-6-3-1-2-5-4-10-8(12)11-7(5)6/h1-3H,4,9H2,(H2,10,11,12). The molecule has 1 heterocycles. The number of amides is 2. The summed E-state index contributed by atoms with van der Waals surface area (Å²) in [6.45, 7) is 0.548. The van der Waals surface area contributed by atoms with E-state index in [1.165, 1.54) is 0 Å². The van der Waals surface area contributed by atoms with Crippen LogP contribution >= 0.6 is 0 Å². The quantitative estimate of drug-likeness (QED) is 0.497. The van der Waals surface area contributed by atoms with Gasteiger partial charge in [-0.3, -0.25) is 0 Å². The smallest absolute Gasteiger partial charge is 0.319 e. The molecule has 2 amide bonds. The van der Waals surface area contributed by atoms with Crippen molar-refractivity contribution in [3.05, 3.63) is 23.8 Å². The summed E-state index contributed by atoms with van der Waals surface area (Å²) in [6, 6.07) is 5.37. The molecule has 4 nitrogen and oxygen atoms in total. The maximum Gasteiger partial charge on any atom is 0.319 e. The lowest BCUT2D eigenvalue weighted by Crippen LogP contribution is -2.33. The summed E-state index contributed by atoms with van der Waals surface area (Å²) < 4.78 is 0. The Morgan fingerprint density at radius 2 is 2.25 bits per heavy atom. The van der Waals surface area contributed by atoms with Crippen LogP contribution in [0, 0.1) is 0 Å². The van der Waals surface area contributed by atoms with E-state index >= 15 is 0 Å². The van der Waals surface area contributed by atoms with E-state index in [0.717, 1.165) is 11.3 Å². The van der Waals surface area contributed by atoms with Gasteiger partial charge in [0, 0.05) is 6.54 Å². The Morgan fingerprint density at radius 1 is 1.42 bits per heavy atom. The van der Waals surface area contributed by atoms with Crippen LogP contribution in [0.1, 0.15) is 5.56 Å². The Morgan fingerprint density at radius 3 is 3.08 bits per heavy atom. The molecule has 0 aromatic heterocycles. The number of urea groups is 1. The van der Waals surface area contributed by atoms with Crippen LogP contribution < -0.4 is 16.4 Å². The third kappa shape index (κ3) is 0.972. The Labute approximate surface area is 69.8 Å². The number of benzene rings is 1. The molecular weight excluding hydrogens is 154 g/mol. The molecule has 0 radical (unpaired) electrons. The highest BCUT2D eigenvalue weighted by molar-refractivity contribution is 5.95. The van der Waals surface area contributed by atoms with Crippen LogP contribution in [0.2, 0.25) is 0 Å². The van der Waals surface area contributed by atoms with E-state index in [4.69, 9.17) is 5.73 Å². The van der Waals surface area contributed by atoms with Crippen molar-refractivity contribution in [3.63, 3.8) is 0 Å². The van der Waals surface area contributed by atoms with E-state index in [1.54, 1.807) is 6.07 Å². The Balaban J connectivity index is 2.50. The number of carbonyl (C=O) groups is 1.